The number of carbonyl (C=O) groups is 1. The summed E-state index contributed by atoms with van der Waals surface area (Å²) in [7, 11) is 1.92. The minimum absolute atomic E-state index is 0. The van der Waals surface area contributed by atoms with Crippen LogP contribution in [0.15, 0.2) is 18.2 Å². The third-order valence-corrected chi connectivity index (χ3v) is 3.74. The van der Waals surface area contributed by atoms with Crippen molar-refractivity contribution in [1.29, 1.82) is 0 Å². The number of benzene rings is 1. The summed E-state index contributed by atoms with van der Waals surface area (Å²) in [5, 5.41) is 3.77. The minimum atomic E-state index is 0. The van der Waals surface area contributed by atoms with Crippen LogP contribution in [0.1, 0.15) is 28.8 Å². The molecule has 1 unspecified atom stereocenters. The Morgan fingerprint density at radius 2 is 2.26 bits per heavy atom. The number of nitrogens with zero attached hydrogens (tertiary/aromatic N) is 1. The molecule has 3 nitrogen and oxygen atoms in total. The molecule has 0 aromatic heterocycles. The zero-order valence-corrected chi connectivity index (χ0v) is 12.9. The summed E-state index contributed by atoms with van der Waals surface area (Å²) in [5.41, 5.74) is 1.71. The van der Waals surface area contributed by atoms with Crippen LogP contribution in [-0.4, -0.2) is 37.0 Å². The van der Waals surface area contributed by atoms with Crippen LogP contribution in [0.3, 0.4) is 0 Å². The fourth-order valence-corrected chi connectivity index (χ4v) is 2.70. The Bertz CT molecular complexity index is 451. The zero-order chi connectivity index (χ0) is 13.1. The van der Waals surface area contributed by atoms with Crippen molar-refractivity contribution in [2.45, 2.75) is 25.8 Å². The molecule has 0 aliphatic carbocycles. The molecule has 2 rings (SSSR count). The third kappa shape index (κ3) is 3.62. The van der Waals surface area contributed by atoms with Gasteiger partial charge in [-0.25, -0.2) is 0 Å². The van der Waals surface area contributed by atoms with Crippen LogP contribution < -0.4 is 5.32 Å². The number of nitrogens with one attached hydrogen (secondary N) is 1. The summed E-state index contributed by atoms with van der Waals surface area (Å²) in [6.07, 6.45) is 2.16. The maximum absolute atomic E-state index is 12.5. The van der Waals surface area contributed by atoms with E-state index in [0.29, 0.717) is 11.1 Å². The highest BCUT2D eigenvalue weighted by Gasteiger charge is 2.29. The number of aryl methyl sites for hydroxylation is 1. The van der Waals surface area contributed by atoms with Gasteiger partial charge < -0.3 is 10.2 Å². The molecular formula is C14H20Cl2N2O. The molecule has 1 aromatic rings. The lowest BCUT2D eigenvalue weighted by atomic mass is 10.1. The van der Waals surface area contributed by atoms with Crippen molar-refractivity contribution in [3.63, 3.8) is 0 Å². The van der Waals surface area contributed by atoms with E-state index in [1.165, 1.54) is 0 Å². The SMILES string of the molecule is CNCC1CCCN1C(=O)c1cc(Cl)ccc1C.Cl. The van der Waals surface area contributed by atoms with E-state index in [-0.39, 0.29) is 18.3 Å². The first-order chi connectivity index (χ1) is 8.63. The van der Waals surface area contributed by atoms with E-state index in [1.807, 2.05) is 31.0 Å². The maximum atomic E-state index is 12.5. The number of hydrogen-bond acceptors (Lipinski definition) is 2. The second kappa shape index (κ2) is 7.13. The van der Waals surface area contributed by atoms with Crippen LogP contribution in [0.2, 0.25) is 5.02 Å². The number of hydrogen-bond donors (Lipinski definition) is 1. The highest BCUT2D eigenvalue weighted by molar-refractivity contribution is 6.31. The van der Waals surface area contributed by atoms with Crippen molar-refractivity contribution in [2.24, 2.45) is 0 Å². The monoisotopic (exact) mass is 302 g/mol. The number of rotatable bonds is 3. The van der Waals surface area contributed by atoms with Crippen molar-refractivity contribution in [1.82, 2.24) is 10.2 Å². The molecule has 19 heavy (non-hydrogen) atoms. The molecule has 0 saturated carbocycles. The summed E-state index contributed by atoms with van der Waals surface area (Å²) < 4.78 is 0. The Balaban J connectivity index is 0.00000180. The standard InChI is InChI=1S/C14H19ClN2O.ClH/c1-10-5-6-11(15)8-13(10)14(18)17-7-3-4-12(17)9-16-2;/h5-6,8,12,16H,3-4,7,9H2,1-2H3;1H. The smallest absolute Gasteiger partial charge is 0.254 e. The van der Waals surface area contributed by atoms with E-state index in [2.05, 4.69) is 5.32 Å². The lowest BCUT2D eigenvalue weighted by Gasteiger charge is -2.25. The molecule has 1 heterocycles. The fourth-order valence-electron chi connectivity index (χ4n) is 2.53. The largest absolute Gasteiger partial charge is 0.334 e. The van der Waals surface area contributed by atoms with Gasteiger partial charge in [0.05, 0.1) is 0 Å². The van der Waals surface area contributed by atoms with E-state index in [4.69, 9.17) is 11.6 Å². The van der Waals surface area contributed by atoms with Crippen LogP contribution in [0.4, 0.5) is 0 Å². The van der Waals surface area contributed by atoms with Gasteiger partial charge in [-0.1, -0.05) is 17.7 Å². The third-order valence-electron chi connectivity index (χ3n) is 3.51. The van der Waals surface area contributed by atoms with Gasteiger partial charge in [-0.2, -0.15) is 0 Å². The molecule has 5 heteroatoms. The molecule has 1 saturated heterocycles. The van der Waals surface area contributed by atoms with Gasteiger partial charge in [0.15, 0.2) is 0 Å². The van der Waals surface area contributed by atoms with Crippen molar-refractivity contribution < 1.29 is 4.79 Å². The average Bonchev–Trinajstić information content (AvgIpc) is 2.80. The van der Waals surface area contributed by atoms with E-state index >= 15 is 0 Å². The predicted molar refractivity (Wildman–Crippen MR) is 81.4 cm³/mol. The number of likely N-dealkylation sites (tertiary alicyclic amines) is 1. The molecule has 1 N–H and O–H groups in total. The lowest BCUT2D eigenvalue weighted by molar-refractivity contribution is 0.0736. The molecule has 1 fully saturated rings. The summed E-state index contributed by atoms with van der Waals surface area (Å²) in [6, 6.07) is 5.80. The van der Waals surface area contributed by atoms with Crippen molar-refractivity contribution in [3.05, 3.63) is 34.3 Å². The average molecular weight is 303 g/mol. The molecule has 1 amide bonds. The van der Waals surface area contributed by atoms with Gasteiger partial charge in [0, 0.05) is 29.7 Å². The van der Waals surface area contributed by atoms with E-state index in [9.17, 15) is 4.79 Å². The van der Waals surface area contributed by atoms with E-state index in [1.54, 1.807) is 6.07 Å². The molecule has 0 spiro atoms. The topological polar surface area (TPSA) is 32.3 Å². The van der Waals surface area contributed by atoms with Gasteiger partial charge in [0.1, 0.15) is 0 Å². The Hall–Kier alpha value is -0.770. The number of likely N-dealkylation sites (N-methyl/N-ethyl adjacent to an activating group) is 1. The molecule has 0 bridgehead atoms. The van der Waals surface area contributed by atoms with Crippen molar-refractivity contribution in [3.8, 4) is 0 Å². The Kier molecular flexibility index (Phi) is 6.11. The first-order valence-corrected chi connectivity index (χ1v) is 6.73. The molecule has 1 aliphatic rings. The number of carbonyl (C=O) groups excluding carboxylic acids is 1. The lowest BCUT2D eigenvalue weighted by Crippen LogP contribution is -2.41. The molecule has 1 aliphatic heterocycles. The van der Waals surface area contributed by atoms with E-state index in [0.717, 1.165) is 37.1 Å². The highest BCUT2D eigenvalue weighted by atomic mass is 35.5. The zero-order valence-electron chi connectivity index (χ0n) is 11.3. The number of amides is 1. The molecular weight excluding hydrogens is 283 g/mol. The summed E-state index contributed by atoms with van der Waals surface area (Å²) >= 11 is 5.98. The maximum Gasteiger partial charge on any atom is 0.254 e. The van der Waals surface area contributed by atoms with Crippen LogP contribution in [0.5, 0.6) is 0 Å². The van der Waals surface area contributed by atoms with Gasteiger partial charge in [0.25, 0.3) is 5.91 Å². The predicted octanol–water partition coefficient (Wildman–Crippen LogP) is 2.89. The second-order valence-electron chi connectivity index (χ2n) is 4.81. The second-order valence-corrected chi connectivity index (χ2v) is 5.25. The number of halogens is 2. The Labute approximate surface area is 125 Å². The van der Waals surface area contributed by atoms with Gasteiger partial charge in [-0.05, 0) is 44.5 Å². The van der Waals surface area contributed by atoms with Gasteiger partial charge in [-0.3, -0.25) is 4.79 Å². The Morgan fingerprint density at radius 1 is 1.53 bits per heavy atom. The first kappa shape index (κ1) is 16.3. The van der Waals surface area contributed by atoms with Gasteiger partial charge in [0.2, 0.25) is 0 Å². The molecule has 0 radical (unpaired) electrons. The van der Waals surface area contributed by atoms with Gasteiger partial charge >= 0.3 is 0 Å². The van der Waals surface area contributed by atoms with Crippen LogP contribution in [0.25, 0.3) is 0 Å². The summed E-state index contributed by atoms with van der Waals surface area (Å²) in [4.78, 5) is 14.5. The molecule has 1 atom stereocenters. The summed E-state index contributed by atoms with van der Waals surface area (Å²) in [5.74, 6) is 0.104. The highest BCUT2D eigenvalue weighted by Crippen LogP contribution is 2.23. The van der Waals surface area contributed by atoms with Crippen molar-refractivity contribution >= 4 is 29.9 Å². The van der Waals surface area contributed by atoms with Crippen LogP contribution in [0, 0.1) is 6.92 Å². The quantitative estimate of drug-likeness (QED) is 0.931. The van der Waals surface area contributed by atoms with Crippen LogP contribution in [-0.2, 0) is 0 Å². The normalized spacial score (nSPS) is 18.3. The molecule has 1 aromatic carbocycles. The first-order valence-electron chi connectivity index (χ1n) is 6.35. The van der Waals surface area contributed by atoms with E-state index < -0.39 is 0 Å². The minimum Gasteiger partial charge on any atom is -0.334 e. The van der Waals surface area contributed by atoms with Gasteiger partial charge in [-0.15, -0.1) is 12.4 Å². The van der Waals surface area contributed by atoms with Crippen molar-refractivity contribution in [2.75, 3.05) is 20.1 Å². The summed E-state index contributed by atoms with van der Waals surface area (Å²) in [6.45, 7) is 3.65. The van der Waals surface area contributed by atoms with Crippen LogP contribution >= 0.6 is 24.0 Å². The molecule has 106 valence electrons. The Morgan fingerprint density at radius 3 is 2.95 bits per heavy atom. The fraction of sp³-hybridized carbons (Fsp3) is 0.500.